The van der Waals surface area contributed by atoms with E-state index < -0.39 is 0 Å². The maximum absolute atomic E-state index is 10.3. The number of hydrogen-bond donors (Lipinski definition) is 1. The molecule has 2 rings (SSSR count). The molecule has 1 aromatic rings. The van der Waals surface area contributed by atoms with Gasteiger partial charge in [0.1, 0.15) is 0 Å². The highest BCUT2D eigenvalue weighted by molar-refractivity contribution is 5.32. The first kappa shape index (κ1) is 13.6. The van der Waals surface area contributed by atoms with E-state index in [-0.39, 0.29) is 6.10 Å². The molecule has 0 fully saturated rings. The lowest BCUT2D eigenvalue weighted by molar-refractivity contribution is 0.101. The van der Waals surface area contributed by atoms with Gasteiger partial charge in [0.2, 0.25) is 0 Å². The van der Waals surface area contributed by atoms with Crippen molar-refractivity contribution < 1.29 is 5.11 Å². The highest BCUT2D eigenvalue weighted by Crippen LogP contribution is 2.30. The highest BCUT2D eigenvalue weighted by Gasteiger charge is 2.26. The summed E-state index contributed by atoms with van der Waals surface area (Å²) in [6, 6.07) is 8.64. The van der Waals surface area contributed by atoms with Crippen LogP contribution in [0.2, 0.25) is 0 Å². The molecule has 100 valence electrons. The molecule has 0 aliphatic heterocycles. The van der Waals surface area contributed by atoms with Crippen molar-refractivity contribution in [1.82, 2.24) is 0 Å². The standard InChI is InChI=1S/C17H26O/c1-2-3-4-5-6-11-17(18)16-12-14-9-7-8-10-15(14)13-16/h7-10,16-18H,2-6,11-13H2,1H3. The molecule has 1 atom stereocenters. The predicted octanol–water partition coefficient (Wildman–Crippen LogP) is 4.12. The molecule has 0 radical (unpaired) electrons. The minimum atomic E-state index is -0.0981. The number of unbranched alkanes of at least 4 members (excludes halogenated alkanes) is 4. The number of hydrogen-bond acceptors (Lipinski definition) is 1. The lowest BCUT2D eigenvalue weighted by Gasteiger charge is -2.17. The zero-order chi connectivity index (χ0) is 12.8. The third kappa shape index (κ3) is 3.58. The van der Waals surface area contributed by atoms with Gasteiger partial charge in [-0.3, -0.25) is 0 Å². The Labute approximate surface area is 111 Å². The Hall–Kier alpha value is -0.820. The van der Waals surface area contributed by atoms with E-state index in [0.717, 1.165) is 19.3 Å². The molecule has 1 unspecified atom stereocenters. The Bertz CT molecular complexity index is 333. The summed E-state index contributed by atoms with van der Waals surface area (Å²) in [4.78, 5) is 0. The molecule has 0 saturated carbocycles. The molecular formula is C17H26O. The van der Waals surface area contributed by atoms with Gasteiger partial charge in [0.25, 0.3) is 0 Å². The van der Waals surface area contributed by atoms with Crippen molar-refractivity contribution in [2.45, 2.75) is 64.4 Å². The van der Waals surface area contributed by atoms with Crippen LogP contribution in [0.1, 0.15) is 56.6 Å². The van der Waals surface area contributed by atoms with Gasteiger partial charge in [-0.15, -0.1) is 0 Å². The molecule has 0 heterocycles. The van der Waals surface area contributed by atoms with E-state index >= 15 is 0 Å². The van der Waals surface area contributed by atoms with Crippen molar-refractivity contribution in [2.24, 2.45) is 5.92 Å². The van der Waals surface area contributed by atoms with Gasteiger partial charge in [0, 0.05) is 0 Å². The van der Waals surface area contributed by atoms with Gasteiger partial charge in [-0.25, -0.2) is 0 Å². The number of rotatable bonds is 7. The summed E-state index contributed by atoms with van der Waals surface area (Å²) in [5.41, 5.74) is 2.90. The first-order valence-corrected chi connectivity index (χ1v) is 7.56. The smallest absolute Gasteiger partial charge is 0.0574 e. The molecule has 0 amide bonds. The lowest BCUT2D eigenvalue weighted by atomic mass is 9.94. The van der Waals surface area contributed by atoms with Crippen LogP contribution in [0.5, 0.6) is 0 Å². The van der Waals surface area contributed by atoms with Gasteiger partial charge in [-0.05, 0) is 36.3 Å². The molecule has 1 N–H and O–H groups in total. The maximum atomic E-state index is 10.3. The van der Waals surface area contributed by atoms with Gasteiger partial charge >= 0.3 is 0 Å². The average Bonchev–Trinajstić information content (AvgIpc) is 2.82. The molecule has 1 aromatic carbocycles. The van der Waals surface area contributed by atoms with Crippen LogP contribution in [0, 0.1) is 5.92 Å². The number of aliphatic hydroxyl groups excluding tert-OH is 1. The van der Waals surface area contributed by atoms with E-state index in [1.807, 2.05) is 0 Å². The van der Waals surface area contributed by atoms with E-state index in [2.05, 4.69) is 31.2 Å². The normalized spacial score (nSPS) is 16.8. The molecule has 1 aliphatic rings. The van der Waals surface area contributed by atoms with Crippen molar-refractivity contribution in [1.29, 1.82) is 0 Å². The molecule has 0 spiro atoms. The van der Waals surface area contributed by atoms with Crippen molar-refractivity contribution in [2.75, 3.05) is 0 Å². The molecule has 18 heavy (non-hydrogen) atoms. The molecule has 1 nitrogen and oxygen atoms in total. The maximum Gasteiger partial charge on any atom is 0.0574 e. The van der Waals surface area contributed by atoms with Crippen LogP contribution in [-0.4, -0.2) is 11.2 Å². The zero-order valence-electron chi connectivity index (χ0n) is 11.6. The quantitative estimate of drug-likeness (QED) is 0.717. The summed E-state index contributed by atoms with van der Waals surface area (Å²) in [7, 11) is 0. The fourth-order valence-corrected chi connectivity index (χ4v) is 3.06. The monoisotopic (exact) mass is 246 g/mol. The minimum absolute atomic E-state index is 0.0981. The third-order valence-electron chi connectivity index (χ3n) is 4.23. The van der Waals surface area contributed by atoms with Gasteiger partial charge < -0.3 is 5.11 Å². The second kappa shape index (κ2) is 6.94. The lowest BCUT2D eigenvalue weighted by Crippen LogP contribution is -2.20. The Morgan fingerprint density at radius 3 is 2.28 bits per heavy atom. The largest absolute Gasteiger partial charge is 0.393 e. The first-order valence-electron chi connectivity index (χ1n) is 7.56. The van der Waals surface area contributed by atoms with Crippen molar-refractivity contribution in [3.8, 4) is 0 Å². The van der Waals surface area contributed by atoms with E-state index in [0.29, 0.717) is 5.92 Å². The average molecular weight is 246 g/mol. The highest BCUT2D eigenvalue weighted by atomic mass is 16.3. The Morgan fingerprint density at radius 2 is 1.67 bits per heavy atom. The topological polar surface area (TPSA) is 20.2 Å². The predicted molar refractivity (Wildman–Crippen MR) is 76.7 cm³/mol. The van der Waals surface area contributed by atoms with Gasteiger partial charge in [-0.1, -0.05) is 63.3 Å². The van der Waals surface area contributed by atoms with Crippen LogP contribution in [0.25, 0.3) is 0 Å². The van der Waals surface area contributed by atoms with Crippen LogP contribution < -0.4 is 0 Å². The van der Waals surface area contributed by atoms with Crippen molar-refractivity contribution in [3.05, 3.63) is 35.4 Å². The molecule has 0 bridgehead atoms. The summed E-state index contributed by atoms with van der Waals surface area (Å²) >= 11 is 0. The van der Waals surface area contributed by atoms with Crippen molar-refractivity contribution >= 4 is 0 Å². The third-order valence-corrected chi connectivity index (χ3v) is 4.23. The van der Waals surface area contributed by atoms with Gasteiger partial charge in [0.15, 0.2) is 0 Å². The molecule has 0 aromatic heterocycles. The SMILES string of the molecule is CCCCCCCC(O)C1Cc2ccccc2C1. The first-order chi connectivity index (χ1) is 8.81. The van der Waals surface area contributed by atoms with E-state index in [1.54, 1.807) is 0 Å². The molecule has 1 aliphatic carbocycles. The Kier molecular flexibility index (Phi) is 5.25. The molecule has 1 heteroatoms. The van der Waals surface area contributed by atoms with E-state index in [4.69, 9.17) is 0 Å². The minimum Gasteiger partial charge on any atom is -0.393 e. The van der Waals surface area contributed by atoms with Crippen LogP contribution in [0.4, 0.5) is 0 Å². The van der Waals surface area contributed by atoms with E-state index in [1.165, 1.54) is 43.2 Å². The molecular weight excluding hydrogens is 220 g/mol. The summed E-state index contributed by atoms with van der Waals surface area (Å²) in [5, 5.41) is 10.3. The number of aliphatic hydroxyl groups is 1. The summed E-state index contributed by atoms with van der Waals surface area (Å²) in [6.07, 6.45) is 9.47. The van der Waals surface area contributed by atoms with Crippen LogP contribution in [0.3, 0.4) is 0 Å². The fourth-order valence-electron chi connectivity index (χ4n) is 3.06. The Balaban J connectivity index is 1.70. The molecule has 0 saturated heterocycles. The van der Waals surface area contributed by atoms with Crippen molar-refractivity contribution in [3.63, 3.8) is 0 Å². The Morgan fingerprint density at radius 1 is 1.06 bits per heavy atom. The fraction of sp³-hybridized carbons (Fsp3) is 0.647. The summed E-state index contributed by atoms with van der Waals surface area (Å²) in [5.74, 6) is 0.466. The second-order valence-corrected chi connectivity index (χ2v) is 5.71. The summed E-state index contributed by atoms with van der Waals surface area (Å²) < 4.78 is 0. The van der Waals surface area contributed by atoms with Gasteiger partial charge in [-0.2, -0.15) is 0 Å². The summed E-state index contributed by atoms with van der Waals surface area (Å²) in [6.45, 7) is 2.24. The van der Waals surface area contributed by atoms with E-state index in [9.17, 15) is 5.11 Å². The van der Waals surface area contributed by atoms with Crippen LogP contribution in [0.15, 0.2) is 24.3 Å². The van der Waals surface area contributed by atoms with Crippen LogP contribution in [-0.2, 0) is 12.8 Å². The van der Waals surface area contributed by atoms with Gasteiger partial charge in [0.05, 0.1) is 6.10 Å². The number of fused-ring (bicyclic) bond motifs is 1. The second-order valence-electron chi connectivity index (χ2n) is 5.71. The zero-order valence-corrected chi connectivity index (χ0v) is 11.6. The number of benzene rings is 1. The van der Waals surface area contributed by atoms with Crippen LogP contribution >= 0.6 is 0 Å².